The number of hydrogen-bond acceptors (Lipinski definition) is 5. The van der Waals surface area contributed by atoms with Crippen molar-refractivity contribution in [1.82, 2.24) is 9.59 Å². The van der Waals surface area contributed by atoms with E-state index in [-0.39, 0.29) is 4.90 Å². The largest absolute Gasteiger partial charge is 0.268 e. The molecule has 0 amide bonds. The van der Waals surface area contributed by atoms with Gasteiger partial charge in [0.15, 0.2) is 0 Å². The summed E-state index contributed by atoms with van der Waals surface area (Å²) >= 11 is 4.23. The topological polar surface area (TPSA) is 72.0 Å². The lowest BCUT2D eigenvalue weighted by Gasteiger charge is -2.04. The molecule has 0 bridgehead atoms. The van der Waals surface area contributed by atoms with Crippen LogP contribution in [0.1, 0.15) is 0 Å². The molecule has 16 heavy (non-hydrogen) atoms. The number of nitrogens with one attached hydrogen (secondary N) is 1. The summed E-state index contributed by atoms with van der Waals surface area (Å²) < 4.78 is 30.5. The van der Waals surface area contributed by atoms with E-state index in [4.69, 9.17) is 0 Å². The third kappa shape index (κ3) is 2.57. The number of anilines is 1. The molecule has 0 radical (unpaired) electrons. The third-order valence-electron chi connectivity index (χ3n) is 1.72. The standard InChI is InChI=1S/C8H6BrN3O2S2/c9-6-1-3-7(4-2-6)16(13,14)11-8-5-10-12-15-8/h1-5,11H. The number of benzene rings is 1. The number of halogens is 1. The number of aromatic nitrogens is 2. The molecule has 0 atom stereocenters. The van der Waals surface area contributed by atoms with Crippen molar-refractivity contribution in [3.8, 4) is 0 Å². The van der Waals surface area contributed by atoms with Gasteiger partial charge in [0.2, 0.25) is 0 Å². The number of sulfonamides is 1. The van der Waals surface area contributed by atoms with E-state index in [2.05, 4.69) is 30.2 Å². The van der Waals surface area contributed by atoms with Gasteiger partial charge in [0.25, 0.3) is 10.0 Å². The van der Waals surface area contributed by atoms with Crippen molar-refractivity contribution in [2.24, 2.45) is 0 Å². The fourth-order valence-corrected chi connectivity index (χ4v) is 2.97. The Bertz CT molecular complexity index is 566. The molecule has 1 N–H and O–H groups in total. The molecule has 2 rings (SSSR count). The molecule has 2 aromatic rings. The van der Waals surface area contributed by atoms with Crippen molar-refractivity contribution in [2.75, 3.05) is 4.72 Å². The fourth-order valence-electron chi connectivity index (χ4n) is 1.02. The van der Waals surface area contributed by atoms with E-state index in [0.29, 0.717) is 5.00 Å². The smallest absolute Gasteiger partial charge is 0.262 e. The predicted molar refractivity (Wildman–Crippen MR) is 64.9 cm³/mol. The van der Waals surface area contributed by atoms with Gasteiger partial charge in [0.1, 0.15) is 5.00 Å². The minimum atomic E-state index is -3.54. The monoisotopic (exact) mass is 319 g/mol. The van der Waals surface area contributed by atoms with Gasteiger partial charge in [-0.25, -0.2) is 8.42 Å². The maximum atomic E-state index is 11.8. The molecule has 0 saturated heterocycles. The van der Waals surface area contributed by atoms with Gasteiger partial charge in [0.05, 0.1) is 11.1 Å². The van der Waals surface area contributed by atoms with Crippen LogP contribution < -0.4 is 4.72 Å². The number of hydrogen-bond donors (Lipinski definition) is 1. The zero-order valence-electron chi connectivity index (χ0n) is 7.79. The minimum absolute atomic E-state index is 0.198. The third-order valence-corrected chi connectivity index (χ3v) is 4.34. The Morgan fingerprint density at radius 2 is 1.94 bits per heavy atom. The maximum absolute atomic E-state index is 11.8. The molecule has 0 unspecified atom stereocenters. The van der Waals surface area contributed by atoms with Crippen LogP contribution in [0.25, 0.3) is 0 Å². The molecule has 0 spiro atoms. The summed E-state index contributed by atoms with van der Waals surface area (Å²) in [5.74, 6) is 0. The Kier molecular flexibility index (Phi) is 3.22. The lowest BCUT2D eigenvalue weighted by molar-refractivity contribution is 0.601. The lowest BCUT2D eigenvalue weighted by atomic mass is 10.4. The minimum Gasteiger partial charge on any atom is -0.268 e. The van der Waals surface area contributed by atoms with E-state index >= 15 is 0 Å². The quantitative estimate of drug-likeness (QED) is 0.940. The van der Waals surface area contributed by atoms with Crippen molar-refractivity contribution < 1.29 is 8.42 Å². The van der Waals surface area contributed by atoms with Crippen LogP contribution in [0.4, 0.5) is 5.00 Å². The van der Waals surface area contributed by atoms with Gasteiger partial charge >= 0.3 is 0 Å². The van der Waals surface area contributed by atoms with Crippen LogP contribution in [0.2, 0.25) is 0 Å². The predicted octanol–water partition coefficient (Wildman–Crippen LogP) is 2.10. The van der Waals surface area contributed by atoms with E-state index < -0.39 is 10.0 Å². The van der Waals surface area contributed by atoms with Crippen LogP contribution in [-0.4, -0.2) is 18.0 Å². The average Bonchev–Trinajstić information content (AvgIpc) is 2.70. The molecular formula is C8H6BrN3O2S2. The van der Waals surface area contributed by atoms with Crippen LogP contribution in [0.3, 0.4) is 0 Å². The molecule has 1 aromatic heterocycles. The van der Waals surface area contributed by atoms with E-state index in [9.17, 15) is 8.42 Å². The normalized spacial score (nSPS) is 11.3. The Morgan fingerprint density at radius 3 is 2.50 bits per heavy atom. The molecule has 0 aliphatic carbocycles. The van der Waals surface area contributed by atoms with Crippen molar-refractivity contribution >= 4 is 42.5 Å². The van der Waals surface area contributed by atoms with Crippen molar-refractivity contribution in [3.05, 3.63) is 34.9 Å². The summed E-state index contributed by atoms with van der Waals surface area (Å²) in [7, 11) is -3.54. The van der Waals surface area contributed by atoms with Gasteiger partial charge in [-0.2, -0.15) is 0 Å². The van der Waals surface area contributed by atoms with E-state index in [1.54, 1.807) is 12.1 Å². The molecule has 0 aliphatic heterocycles. The molecule has 1 heterocycles. The molecule has 0 saturated carbocycles. The molecule has 84 valence electrons. The van der Waals surface area contributed by atoms with Crippen molar-refractivity contribution in [1.29, 1.82) is 0 Å². The summed E-state index contributed by atoms with van der Waals surface area (Å²) in [6.07, 6.45) is 1.36. The SMILES string of the molecule is O=S(=O)(Nc1cnns1)c1ccc(Br)cc1. The van der Waals surface area contributed by atoms with Gasteiger partial charge < -0.3 is 0 Å². The summed E-state index contributed by atoms with van der Waals surface area (Å²) in [5, 5.41) is 3.94. The molecule has 8 heteroatoms. The Hall–Kier alpha value is -0.990. The van der Waals surface area contributed by atoms with Gasteiger partial charge in [0, 0.05) is 16.0 Å². The van der Waals surface area contributed by atoms with Gasteiger partial charge in [-0.3, -0.25) is 4.72 Å². The highest BCUT2D eigenvalue weighted by molar-refractivity contribution is 9.10. The van der Waals surface area contributed by atoms with Crippen LogP contribution in [0.5, 0.6) is 0 Å². The molecular weight excluding hydrogens is 314 g/mol. The first-order valence-electron chi connectivity index (χ1n) is 4.14. The van der Waals surface area contributed by atoms with Crippen molar-refractivity contribution in [3.63, 3.8) is 0 Å². The maximum Gasteiger partial charge on any atom is 0.262 e. The summed E-state index contributed by atoms with van der Waals surface area (Å²) in [5.41, 5.74) is 0. The second-order valence-electron chi connectivity index (χ2n) is 2.84. The Balaban J connectivity index is 2.29. The first kappa shape index (κ1) is 11.5. The molecule has 1 aromatic carbocycles. The summed E-state index contributed by atoms with van der Waals surface area (Å²) in [6.45, 7) is 0. The van der Waals surface area contributed by atoms with E-state index in [0.717, 1.165) is 16.0 Å². The highest BCUT2D eigenvalue weighted by Crippen LogP contribution is 2.19. The summed E-state index contributed by atoms with van der Waals surface area (Å²) in [4.78, 5) is 0.198. The lowest BCUT2D eigenvalue weighted by Crippen LogP contribution is -2.11. The highest BCUT2D eigenvalue weighted by Gasteiger charge is 2.14. The van der Waals surface area contributed by atoms with Crippen LogP contribution in [0.15, 0.2) is 39.8 Å². The van der Waals surface area contributed by atoms with Gasteiger partial charge in [-0.1, -0.05) is 20.4 Å². The van der Waals surface area contributed by atoms with Crippen LogP contribution in [-0.2, 0) is 10.0 Å². The van der Waals surface area contributed by atoms with E-state index in [1.807, 2.05) is 0 Å². The van der Waals surface area contributed by atoms with Crippen LogP contribution >= 0.6 is 27.5 Å². The molecule has 5 nitrogen and oxygen atoms in total. The zero-order valence-corrected chi connectivity index (χ0v) is 11.0. The highest BCUT2D eigenvalue weighted by atomic mass is 79.9. The Labute approximate surface area is 105 Å². The summed E-state index contributed by atoms with van der Waals surface area (Å²) in [6, 6.07) is 6.36. The van der Waals surface area contributed by atoms with E-state index in [1.165, 1.54) is 18.3 Å². The first-order valence-corrected chi connectivity index (χ1v) is 7.19. The van der Waals surface area contributed by atoms with Crippen LogP contribution in [0, 0.1) is 0 Å². The zero-order chi connectivity index (χ0) is 11.6. The van der Waals surface area contributed by atoms with Gasteiger partial charge in [-0.05, 0) is 24.3 Å². The number of rotatable bonds is 3. The average molecular weight is 320 g/mol. The van der Waals surface area contributed by atoms with Crippen molar-refractivity contribution in [2.45, 2.75) is 4.90 Å². The number of nitrogens with zero attached hydrogens (tertiary/aromatic N) is 2. The Morgan fingerprint density at radius 1 is 1.25 bits per heavy atom. The fraction of sp³-hybridized carbons (Fsp3) is 0. The van der Waals surface area contributed by atoms with Gasteiger partial charge in [-0.15, -0.1) is 5.10 Å². The molecule has 0 aliphatic rings. The second kappa shape index (κ2) is 4.48. The molecule has 0 fully saturated rings. The second-order valence-corrected chi connectivity index (χ2v) is 6.22. The first-order chi connectivity index (χ1) is 7.58.